The Bertz CT molecular complexity index is 438. The molecule has 6 heteroatoms. The van der Waals surface area contributed by atoms with E-state index in [0.717, 1.165) is 0 Å². The van der Waals surface area contributed by atoms with Crippen LogP contribution in [0, 0.1) is 0 Å². The number of esters is 1. The second-order valence-corrected chi connectivity index (χ2v) is 4.64. The molecule has 0 heterocycles. The van der Waals surface area contributed by atoms with Gasteiger partial charge in [-0.3, -0.25) is 0 Å². The molecule has 1 rings (SSSR count). The molecule has 5 nitrogen and oxygen atoms in total. The topological polar surface area (TPSA) is 83.5 Å². The van der Waals surface area contributed by atoms with Gasteiger partial charge in [0.25, 0.3) is 0 Å². The zero-order chi connectivity index (χ0) is 12.0. The van der Waals surface area contributed by atoms with Crippen LogP contribution in [-0.4, -0.2) is 31.3 Å². The molecule has 0 unspecified atom stereocenters. The molecule has 16 heavy (non-hydrogen) atoms. The smallest absolute Gasteiger partial charge is 0.338 e. The highest BCUT2D eigenvalue weighted by atomic mass is 32.2. The number of ether oxygens (including phenoxy) is 1. The van der Waals surface area contributed by atoms with Crippen LogP contribution in [0.3, 0.4) is 0 Å². The third kappa shape index (κ3) is 4.90. The van der Waals surface area contributed by atoms with Gasteiger partial charge in [0, 0.05) is 5.75 Å². The summed E-state index contributed by atoms with van der Waals surface area (Å²) in [5, 5.41) is 0. The standard InChI is InChI=1S/C10H12O5S/c11-10(9-5-2-1-3-6-9)15-7-4-8-16(12,13)14/h1-3,5-6H,4,7-8H2,(H,12,13,14)/p-1. The molecule has 0 aliphatic heterocycles. The van der Waals surface area contributed by atoms with E-state index in [1.54, 1.807) is 30.3 Å². The second kappa shape index (κ2) is 5.62. The van der Waals surface area contributed by atoms with Crippen LogP contribution in [0.2, 0.25) is 0 Å². The Morgan fingerprint density at radius 2 is 1.88 bits per heavy atom. The summed E-state index contributed by atoms with van der Waals surface area (Å²) in [6.45, 7) is -0.0742. The monoisotopic (exact) mass is 243 g/mol. The minimum absolute atomic E-state index is 0.0183. The van der Waals surface area contributed by atoms with E-state index >= 15 is 0 Å². The molecular weight excluding hydrogens is 232 g/mol. The fourth-order valence-corrected chi connectivity index (χ4v) is 1.53. The zero-order valence-electron chi connectivity index (χ0n) is 8.46. The Morgan fingerprint density at radius 1 is 1.25 bits per heavy atom. The quantitative estimate of drug-likeness (QED) is 0.433. The first kappa shape index (κ1) is 12.7. The van der Waals surface area contributed by atoms with Gasteiger partial charge < -0.3 is 9.29 Å². The highest BCUT2D eigenvalue weighted by Gasteiger charge is 2.05. The van der Waals surface area contributed by atoms with Crippen LogP contribution in [0.25, 0.3) is 0 Å². The minimum Gasteiger partial charge on any atom is -0.748 e. The molecule has 0 saturated heterocycles. The van der Waals surface area contributed by atoms with Crippen molar-refractivity contribution in [3.05, 3.63) is 35.9 Å². The second-order valence-electron chi connectivity index (χ2n) is 3.12. The Hall–Kier alpha value is -1.40. The summed E-state index contributed by atoms with van der Waals surface area (Å²) < 4.78 is 35.5. The van der Waals surface area contributed by atoms with E-state index in [0.29, 0.717) is 5.56 Å². The van der Waals surface area contributed by atoms with Gasteiger partial charge in [-0.2, -0.15) is 0 Å². The molecule has 0 amide bonds. The molecule has 0 N–H and O–H groups in total. The molecule has 0 aromatic heterocycles. The summed E-state index contributed by atoms with van der Waals surface area (Å²) >= 11 is 0. The average Bonchev–Trinajstić information content (AvgIpc) is 2.24. The lowest BCUT2D eigenvalue weighted by Crippen LogP contribution is -2.11. The zero-order valence-corrected chi connectivity index (χ0v) is 9.27. The summed E-state index contributed by atoms with van der Waals surface area (Å²) in [4.78, 5) is 11.3. The maximum atomic E-state index is 11.3. The Labute approximate surface area is 93.8 Å². The van der Waals surface area contributed by atoms with Crippen molar-refractivity contribution in [3.63, 3.8) is 0 Å². The number of hydrogen-bond acceptors (Lipinski definition) is 5. The van der Waals surface area contributed by atoms with Crippen LogP contribution in [0.5, 0.6) is 0 Å². The summed E-state index contributed by atoms with van der Waals surface area (Å²) in [6.07, 6.45) is 0.0183. The van der Waals surface area contributed by atoms with Gasteiger partial charge in [0.05, 0.1) is 22.3 Å². The summed E-state index contributed by atoms with van der Waals surface area (Å²) in [6, 6.07) is 8.33. The molecule has 0 atom stereocenters. The first-order valence-corrected chi connectivity index (χ1v) is 6.22. The van der Waals surface area contributed by atoms with E-state index in [4.69, 9.17) is 4.74 Å². The molecule has 1 aromatic rings. The lowest BCUT2D eigenvalue weighted by molar-refractivity contribution is 0.0505. The Kier molecular flexibility index (Phi) is 4.45. The largest absolute Gasteiger partial charge is 0.748 e. The van der Waals surface area contributed by atoms with Crippen molar-refractivity contribution in [2.75, 3.05) is 12.4 Å². The van der Waals surface area contributed by atoms with Gasteiger partial charge in [0.1, 0.15) is 0 Å². The van der Waals surface area contributed by atoms with Crippen LogP contribution in [0.4, 0.5) is 0 Å². The van der Waals surface area contributed by atoms with E-state index in [1.165, 1.54) is 0 Å². The summed E-state index contributed by atoms with van der Waals surface area (Å²) in [7, 11) is -4.23. The van der Waals surface area contributed by atoms with Crippen LogP contribution in [0.1, 0.15) is 16.8 Å². The number of hydrogen-bond donors (Lipinski definition) is 0. The highest BCUT2D eigenvalue weighted by Crippen LogP contribution is 2.01. The Morgan fingerprint density at radius 3 is 2.44 bits per heavy atom. The van der Waals surface area contributed by atoms with Crippen LogP contribution in [0.15, 0.2) is 30.3 Å². The first-order chi connectivity index (χ1) is 7.49. The molecule has 1 aromatic carbocycles. The van der Waals surface area contributed by atoms with Gasteiger partial charge in [-0.1, -0.05) is 18.2 Å². The van der Waals surface area contributed by atoms with E-state index in [9.17, 15) is 17.8 Å². The van der Waals surface area contributed by atoms with Crippen LogP contribution < -0.4 is 0 Å². The van der Waals surface area contributed by atoms with Crippen LogP contribution >= 0.6 is 0 Å². The van der Waals surface area contributed by atoms with E-state index in [1.807, 2.05) is 0 Å². The van der Waals surface area contributed by atoms with E-state index < -0.39 is 21.8 Å². The lowest BCUT2D eigenvalue weighted by atomic mass is 10.2. The summed E-state index contributed by atoms with van der Waals surface area (Å²) in [5.41, 5.74) is 0.396. The molecule has 0 aliphatic rings. The third-order valence-corrected chi connectivity index (χ3v) is 2.57. The molecule has 0 fully saturated rings. The average molecular weight is 243 g/mol. The third-order valence-electron chi connectivity index (χ3n) is 1.78. The van der Waals surface area contributed by atoms with Crippen molar-refractivity contribution in [1.82, 2.24) is 0 Å². The van der Waals surface area contributed by atoms with Gasteiger partial charge in [-0.05, 0) is 18.6 Å². The van der Waals surface area contributed by atoms with E-state index in [-0.39, 0.29) is 13.0 Å². The molecule has 88 valence electrons. The molecule has 0 bridgehead atoms. The number of benzene rings is 1. The van der Waals surface area contributed by atoms with Crippen molar-refractivity contribution in [2.45, 2.75) is 6.42 Å². The SMILES string of the molecule is O=C(OCCCS(=O)(=O)[O-])c1ccccc1. The van der Waals surface area contributed by atoms with Gasteiger partial charge in [0.15, 0.2) is 0 Å². The van der Waals surface area contributed by atoms with Crippen molar-refractivity contribution in [1.29, 1.82) is 0 Å². The summed E-state index contributed by atoms with van der Waals surface area (Å²) in [5.74, 6) is -1.04. The van der Waals surface area contributed by atoms with Crippen molar-refractivity contribution in [2.24, 2.45) is 0 Å². The predicted molar refractivity (Wildman–Crippen MR) is 55.9 cm³/mol. The normalized spacial score (nSPS) is 11.1. The van der Waals surface area contributed by atoms with Crippen LogP contribution in [-0.2, 0) is 14.9 Å². The molecule has 0 saturated carbocycles. The van der Waals surface area contributed by atoms with Gasteiger partial charge >= 0.3 is 5.97 Å². The maximum absolute atomic E-state index is 11.3. The van der Waals surface area contributed by atoms with Gasteiger partial charge in [-0.25, -0.2) is 13.2 Å². The number of rotatable bonds is 5. The van der Waals surface area contributed by atoms with E-state index in [2.05, 4.69) is 0 Å². The molecule has 0 spiro atoms. The fraction of sp³-hybridized carbons (Fsp3) is 0.300. The Balaban J connectivity index is 2.32. The predicted octanol–water partition coefficient (Wildman–Crippen LogP) is 0.779. The fourth-order valence-electron chi connectivity index (χ4n) is 1.06. The number of carbonyl (C=O) groups excluding carboxylic acids is 1. The lowest BCUT2D eigenvalue weighted by Gasteiger charge is -2.07. The molecule has 0 radical (unpaired) electrons. The van der Waals surface area contributed by atoms with Gasteiger partial charge in [-0.15, -0.1) is 0 Å². The first-order valence-electron chi connectivity index (χ1n) is 4.65. The molecule has 0 aliphatic carbocycles. The maximum Gasteiger partial charge on any atom is 0.338 e. The number of carbonyl (C=O) groups is 1. The molecular formula is C10H11O5S-. The van der Waals surface area contributed by atoms with Crippen molar-refractivity contribution in [3.8, 4) is 0 Å². The minimum atomic E-state index is -4.23. The van der Waals surface area contributed by atoms with Gasteiger partial charge in [0.2, 0.25) is 0 Å². The van der Waals surface area contributed by atoms with Crippen molar-refractivity contribution < 1.29 is 22.5 Å². The highest BCUT2D eigenvalue weighted by molar-refractivity contribution is 7.85. The van der Waals surface area contributed by atoms with Crippen molar-refractivity contribution >= 4 is 16.1 Å².